The molecule has 0 atom stereocenters. The predicted molar refractivity (Wildman–Crippen MR) is 115 cm³/mol. The van der Waals surface area contributed by atoms with Crippen LogP contribution in [0.4, 0.5) is 5.69 Å². The van der Waals surface area contributed by atoms with Crippen molar-refractivity contribution >= 4 is 27.8 Å². The molecule has 4 aromatic rings. The third-order valence-corrected chi connectivity index (χ3v) is 5.07. The molecule has 0 aliphatic rings. The minimum Gasteiger partial charge on any atom is -0.455 e. The minimum atomic E-state index is -0.166. The highest BCUT2D eigenvalue weighted by atomic mass is 79.9. The van der Waals surface area contributed by atoms with Crippen LogP contribution in [0.25, 0.3) is 17.0 Å². The van der Waals surface area contributed by atoms with Gasteiger partial charge in [-0.2, -0.15) is 0 Å². The van der Waals surface area contributed by atoms with Crippen molar-refractivity contribution in [2.45, 2.75) is 6.92 Å². The lowest BCUT2D eigenvalue weighted by molar-refractivity contribution is 0.575. The number of hydrogen-bond acceptors (Lipinski definition) is 3. The summed E-state index contributed by atoms with van der Waals surface area (Å²) >= 11 is 3.46. The fourth-order valence-electron chi connectivity index (χ4n) is 3.05. The quantitative estimate of drug-likeness (QED) is 0.410. The van der Waals surface area contributed by atoms with Crippen LogP contribution in [0, 0.1) is 6.92 Å². The summed E-state index contributed by atoms with van der Waals surface area (Å²) in [6.45, 7) is 1.88. The first kappa shape index (κ1) is 18.3. The van der Waals surface area contributed by atoms with Gasteiger partial charge < -0.3 is 4.42 Å². The summed E-state index contributed by atoms with van der Waals surface area (Å²) < 4.78 is 10.3. The molecule has 0 saturated carbocycles. The molecule has 0 bridgehead atoms. The summed E-state index contributed by atoms with van der Waals surface area (Å²) in [5.41, 5.74) is 2.78. The zero-order valence-electron chi connectivity index (χ0n) is 15.5. The smallest absolute Gasteiger partial charge is 0.297 e. The summed E-state index contributed by atoms with van der Waals surface area (Å²) in [5.74, 6) is 1.33. The Labute approximate surface area is 170 Å². The van der Waals surface area contributed by atoms with Crippen LogP contribution in [-0.4, -0.2) is 15.6 Å². The molecular weight excluding hydrogens is 418 g/mol. The average molecular weight is 436 g/mol. The third kappa shape index (κ3) is 3.39. The third-order valence-electron chi connectivity index (χ3n) is 4.58. The molecule has 140 valence electrons. The maximum Gasteiger partial charge on any atom is 0.297 e. The molecule has 0 fully saturated rings. The van der Waals surface area contributed by atoms with Crippen molar-refractivity contribution < 1.29 is 4.42 Å². The van der Waals surface area contributed by atoms with Gasteiger partial charge in [0.05, 0.1) is 17.6 Å². The van der Waals surface area contributed by atoms with E-state index in [1.54, 1.807) is 15.6 Å². The number of para-hydroxylation sites is 1. The van der Waals surface area contributed by atoms with Gasteiger partial charge >= 0.3 is 0 Å². The molecule has 6 heteroatoms. The minimum absolute atomic E-state index is 0.166. The van der Waals surface area contributed by atoms with E-state index in [0.717, 1.165) is 27.2 Å². The molecule has 0 radical (unpaired) electrons. The second-order valence-corrected chi connectivity index (χ2v) is 7.30. The zero-order valence-corrected chi connectivity index (χ0v) is 17.1. The number of nitrogens with zero attached hydrogens (tertiary/aromatic N) is 3. The van der Waals surface area contributed by atoms with Crippen LogP contribution in [0.5, 0.6) is 0 Å². The summed E-state index contributed by atoms with van der Waals surface area (Å²) in [6.07, 6.45) is 1.58. The Bertz CT molecular complexity index is 1220. The van der Waals surface area contributed by atoms with Gasteiger partial charge in [-0.1, -0.05) is 46.3 Å². The van der Waals surface area contributed by atoms with Crippen LogP contribution in [0.15, 0.2) is 85.4 Å². The normalized spacial score (nSPS) is 11.4. The van der Waals surface area contributed by atoms with Gasteiger partial charge in [0.15, 0.2) is 5.69 Å². The largest absolute Gasteiger partial charge is 0.455 e. The van der Waals surface area contributed by atoms with E-state index in [-0.39, 0.29) is 5.56 Å². The molecule has 2 heterocycles. The lowest BCUT2D eigenvalue weighted by Crippen LogP contribution is -2.19. The number of hydrogen-bond donors (Lipinski definition) is 0. The Morgan fingerprint density at radius 2 is 1.82 bits per heavy atom. The van der Waals surface area contributed by atoms with Crippen LogP contribution >= 0.6 is 15.9 Å². The van der Waals surface area contributed by atoms with E-state index >= 15 is 0 Å². The Morgan fingerprint density at radius 1 is 1.04 bits per heavy atom. The Morgan fingerprint density at radius 3 is 2.57 bits per heavy atom. The van der Waals surface area contributed by atoms with E-state index in [1.165, 1.54) is 0 Å². The molecule has 4 rings (SSSR count). The van der Waals surface area contributed by atoms with E-state index < -0.39 is 0 Å². The molecule has 0 spiro atoms. The van der Waals surface area contributed by atoms with E-state index in [4.69, 9.17) is 4.42 Å². The number of aliphatic imine (C=N–C) groups is 1. The molecule has 0 unspecified atom stereocenters. The predicted octanol–water partition coefficient (Wildman–Crippen LogP) is 5.26. The first-order valence-corrected chi connectivity index (χ1v) is 9.58. The first-order valence-electron chi connectivity index (χ1n) is 8.78. The molecular formula is C22H18BrN3O2. The molecule has 0 amide bonds. The van der Waals surface area contributed by atoms with Gasteiger partial charge in [-0.3, -0.25) is 9.48 Å². The highest BCUT2D eigenvalue weighted by molar-refractivity contribution is 9.10. The van der Waals surface area contributed by atoms with Crippen molar-refractivity contribution in [1.29, 1.82) is 0 Å². The summed E-state index contributed by atoms with van der Waals surface area (Å²) in [7, 11) is 1.85. The summed E-state index contributed by atoms with van der Waals surface area (Å²) in [5, 5.41) is 0. The fraction of sp³-hybridized carbons (Fsp3) is 0.0909. The number of aromatic nitrogens is 2. The number of halogens is 1. The van der Waals surface area contributed by atoms with Crippen molar-refractivity contribution in [2.24, 2.45) is 12.0 Å². The first-order chi connectivity index (χ1) is 13.5. The van der Waals surface area contributed by atoms with Crippen molar-refractivity contribution in [2.75, 3.05) is 0 Å². The lowest BCUT2D eigenvalue weighted by Gasteiger charge is -2.07. The van der Waals surface area contributed by atoms with Crippen molar-refractivity contribution in [3.63, 3.8) is 0 Å². The number of furan rings is 1. The molecule has 5 nitrogen and oxygen atoms in total. The van der Waals surface area contributed by atoms with Gasteiger partial charge in [0.1, 0.15) is 11.5 Å². The van der Waals surface area contributed by atoms with Crippen LogP contribution in [0.3, 0.4) is 0 Å². The maximum absolute atomic E-state index is 12.9. The van der Waals surface area contributed by atoms with Crippen LogP contribution in [0.1, 0.15) is 11.5 Å². The van der Waals surface area contributed by atoms with Crippen LogP contribution in [0.2, 0.25) is 0 Å². The van der Waals surface area contributed by atoms with E-state index in [1.807, 2.05) is 80.7 Å². The molecule has 2 aromatic heterocycles. The van der Waals surface area contributed by atoms with Crippen LogP contribution < -0.4 is 5.56 Å². The topological polar surface area (TPSA) is 52.4 Å². The highest BCUT2D eigenvalue weighted by Gasteiger charge is 2.15. The Kier molecular flexibility index (Phi) is 4.88. The molecule has 0 aliphatic heterocycles. The van der Waals surface area contributed by atoms with E-state index in [2.05, 4.69) is 20.9 Å². The molecule has 28 heavy (non-hydrogen) atoms. The average Bonchev–Trinajstić information content (AvgIpc) is 3.25. The van der Waals surface area contributed by atoms with Crippen molar-refractivity contribution in [1.82, 2.24) is 9.36 Å². The van der Waals surface area contributed by atoms with Gasteiger partial charge in [0.2, 0.25) is 0 Å². The highest BCUT2D eigenvalue weighted by Crippen LogP contribution is 2.25. The molecule has 0 aliphatic carbocycles. The van der Waals surface area contributed by atoms with Crippen molar-refractivity contribution in [3.8, 4) is 17.0 Å². The number of benzene rings is 2. The van der Waals surface area contributed by atoms with Gasteiger partial charge in [0.25, 0.3) is 5.56 Å². The van der Waals surface area contributed by atoms with E-state index in [0.29, 0.717) is 11.4 Å². The molecule has 0 N–H and O–H groups in total. The summed E-state index contributed by atoms with van der Waals surface area (Å²) in [4.78, 5) is 17.3. The van der Waals surface area contributed by atoms with Gasteiger partial charge in [-0.15, -0.1) is 0 Å². The maximum atomic E-state index is 12.9. The van der Waals surface area contributed by atoms with Gasteiger partial charge in [-0.05, 0) is 43.3 Å². The van der Waals surface area contributed by atoms with Gasteiger partial charge in [-0.25, -0.2) is 9.67 Å². The molecule has 2 aromatic carbocycles. The monoisotopic (exact) mass is 435 g/mol. The standard InChI is InChI=1S/C22H18BrN3O2/c1-15-21(22(27)26(25(15)2)18-9-4-3-5-10-18)24-14-19-11-12-20(28-19)16-7-6-8-17(23)13-16/h3-14H,1-2H3. The SMILES string of the molecule is Cc1c(N=Cc2ccc(-c3cccc(Br)c3)o2)c(=O)n(-c2ccccc2)n1C. The van der Waals surface area contributed by atoms with Crippen LogP contribution in [-0.2, 0) is 7.05 Å². The zero-order chi connectivity index (χ0) is 19.7. The lowest BCUT2D eigenvalue weighted by atomic mass is 10.2. The van der Waals surface area contributed by atoms with Gasteiger partial charge in [0, 0.05) is 17.1 Å². The Hall–Kier alpha value is -3.12. The summed E-state index contributed by atoms with van der Waals surface area (Å²) in [6, 6.07) is 21.1. The fourth-order valence-corrected chi connectivity index (χ4v) is 3.45. The Balaban J connectivity index is 1.67. The molecule has 0 saturated heterocycles. The van der Waals surface area contributed by atoms with E-state index in [9.17, 15) is 4.79 Å². The second kappa shape index (κ2) is 7.48. The van der Waals surface area contributed by atoms with Crippen molar-refractivity contribution in [3.05, 3.63) is 93.0 Å². The second-order valence-electron chi connectivity index (χ2n) is 6.38. The number of rotatable bonds is 4.